The lowest BCUT2D eigenvalue weighted by Gasteiger charge is -2.32. The van der Waals surface area contributed by atoms with Crippen LogP contribution >= 0.6 is 0 Å². The Morgan fingerprint density at radius 1 is 1.12 bits per heavy atom. The minimum Gasteiger partial charge on any atom is -0.385 e. The van der Waals surface area contributed by atoms with Gasteiger partial charge in [-0.1, -0.05) is 12.1 Å². The van der Waals surface area contributed by atoms with Crippen LogP contribution in [0.4, 0.5) is 5.69 Å². The molecule has 0 radical (unpaired) electrons. The maximum Gasteiger partial charge on any atom is 0.0940 e. The second-order valence-electron chi connectivity index (χ2n) is 4.59. The zero-order valence-corrected chi connectivity index (χ0v) is 9.94. The highest BCUT2D eigenvalue weighted by Gasteiger charge is 2.31. The summed E-state index contributed by atoms with van der Waals surface area (Å²) in [7, 11) is 4.02. The van der Waals surface area contributed by atoms with Gasteiger partial charge in [-0.15, -0.1) is 0 Å². The maximum absolute atomic E-state index is 10.5. The Labute approximate surface area is 96.6 Å². The predicted octanol–water partition coefficient (Wildman–Crippen LogP) is 1.75. The summed E-state index contributed by atoms with van der Waals surface area (Å²) >= 11 is 0. The fourth-order valence-electron chi connectivity index (χ4n) is 2.07. The summed E-state index contributed by atoms with van der Waals surface area (Å²) in [6.07, 6.45) is 1.38. The van der Waals surface area contributed by atoms with Crippen molar-refractivity contribution >= 4 is 5.69 Å². The highest BCUT2D eigenvalue weighted by molar-refractivity contribution is 5.47. The number of nitrogens with zero attached hydrogens (tertiary/aromatic N) is 1. The molecule has 2 rings (SSSR count). The van der Waals surface area contributed by atoms with Gasteiger partial charge < -0.3 is 14.7 Å². The van der Waals surface area contributed by atoms with E-state index in [9.17, 15) is 5.11 Å². The van der Waals surface area contributed by atoms with E-state index in [0.717, 1.165) is 11.3 Å². The molecule has 0 aliphatic carbocycles. The lowest BCUT2D eigenvalue weighted by atomic mass is 9.86. The molecule has 0 saturated carbocycles. The lowest BCUT2D eigenvalue weighted by molar-refractivity contribution is -0.0679. The number of hydrogen-bond acceptors (Lipinski definition) is 3. The molecule has 0 amide bonds. The van der Waals surface area contributed by atoms with Crippen molar-refractivity contribution in [1.29, 1.82) is 0 Å². The largest absolute Gasteiger partial charge is 0.385 e. The number of anilines is 1. The van der Waals surface area contributed by atoms with E-state index in [1.54, 1.807) is 0 Å². The molecule has 1 N–H and O–H groups in total. The molecule has 3 nitrogen and oxygen atoms in total. The molecule has 1 fully saturated rings. The van der Waals surface area contributed by atoms with Gasteiger partial charge in [-0.3, -0.25) is 0 Å². The molecule has 16 heavy (non-hydrogen) atoms. The maximum atomic E-state index is 10.5. The van der Waals surface area contributed by atoms with Crippen molar-refractivity contribution in [3.8, 4) is 0 Å². The van der Waals surface area contributed by atoms with Gasteiger partial charge in [-0.2, -0.15) is 0 Å². The number of aliphatic hydroxyl groups is 1. The minimum atomic E-state index is -0.691. The van der Waals surface area contributed by atoms with E-state index in [4.69, 9.17) is 4.74 Å². The van der Waals surface area contributed by atoms with Gasteiger partial charge in [0, 0.05) is 45.8 Å². The van der Waals surface area contributed by atoms with E-state index in [0.29, 0.717) is 26.1 Å². The van der Waals surface area contributed by atoms with Crippen molar-refractivity contribution in [1.82, 2.24) is 0 Å². The van der Waals surface area contributed by atoms with Gasteiger partial charge in [-0.05, 0) is 17.7 Å². The highest BCUT2D eigenvalue weighted by atomic mass is 16.5. The van der Waals surface area contributed by atoms with E-state index in [-0.39, 0.29) is 0 Å². The van der Waals surface area contributed by atoms with Gasteiger partial charge in [0.05, 0.1) is 5.60 Å². The summed E-state index contributed by atoms with van der Waals surface area (Å²) < 4.78 is 5.28. The second kappa shape index (κ2) is 4.44. The normalized spacial score (nSPS) is 19.4. The van der Waals surface area contributed by atoms with Crippen LogP contribution in [0.25, 0.3) is 0 Å². The third-order valence-electron chi connectivity index (χ3n) is 3.24. The van der Waals surface area contributed by atoms with Gasteiger partial charge in [0.1, 0.15) is 0 Å². The summed E-state index contributed by atoms with van der Waals surface area (Å²) in [4.78, 5) is 2.05. The van der Waals surface area contributed by atoms with Crippen molar-refractivity contribution in [3.05, 3.63) is 29.8 Å². The molecule has 0 atom stereocenters. The fourth-order valence-corrected chi connectivity index (χ4v) is 2.07. The van der Waals surface area contributed by atoms with Gasteiger partial charge in [0.15, 0.2) is 0 Å². The molecule has 0 spiro atoms. The predicted molar refractivity (Wildman–Crippen MR) is 64.7 cm³/mol. The van der Waals surface area contributed by atoms with E-state index < -0.39 is 5.60 Å². The van der Waals surface area contributed by atoms with Crippen LogP contribution in [0, 0.1) is 0 Å². The van der Waals surface area contributed by atoms with Gasteiger partial charge >= 0.3 is 0 Å². The van der Waals surface area contributed by atoms with Crippen LogP contribution in [-0.4, -0.2) is 32.4 Å². The van der Waals surface area contributed by atoms with E-state index in [2.05, 4.69) is 4.90 Å². The van der Waals surface area contributed by atoms with Crippen LogP contribution in [0.15, 0.2) is 24.3 Å². The molecule has 1 aliphatic heterocycles. The zero-order valence-electron chi connectivity index (χ0n) is 9.94. The van der Waals surface area contributed by atoms with Crippen LogP contribution in [0.2, 0.25) is 0 Å². The molecule has 0 bridgehead atoms. The van der Waals surface area contributed by atoms with Gasteiger partial charge in [0.25, 0.3) is 0 Å². The first-order valence-corrected chi connectivity index (χ1v) is 5.70. The second-order valence-corrected chi connectivity index (χ2v) is 4.59. The van der Waals surface area contributed by atoms with E-state index in [1.165, 1.54) is 0 Å². The third kappa shape index (κ3) is 2.20. The molecule has 3 heteroatoms. The average molecular weight is 221 g/mol. The van der Waals surface area contributed by atoms with Crippen molar-refractivity contribution < 1.29 is 9.84 Å². The lowest BCUT2D eigenvalue weighted by Crippen LogP contribution is -2.33. The Morgan fingerprint density at radius 2 is 1.69 bits per heavy atom. The van der Waals surface area contributed by atoms with Crippen LogP contribution in [0.5, 0.6) is 0 Å². The summed E-state index contributed by atoms with van der Waals surface area (Å²) in [6.45, 7) is 1.29. The van der Waals surface area contributed by atoms with E-state index >= 15 is 0 Å². The van der Waals surface area contributed by atoms with Crippen LogP contribution in [0.3, 0.4) is 0 Å². The Bertz CT molecular complexity index is 339. The van der Waals surface area contributed by atoms with Crippen molar-refractivity contribution in [2.45, 2.75) is 18.4 Å². The Hall–Kier alpha value is -1.06. The van der Waals surface area contributed by atoms with Crippen molar-refractivity contribution in [3.63, 3.8) is 0 Å². The minimum absolute atomic E-state index is 0.645. The highest BCUT2D eigenvalue weighted by Crippen LogP contribution is 2.32. The number of hydrogen-bond donors (Lipinski definition) is 1. The molecule has 1 aromatic carbocycles. The van der Waals surface area contributed by atoms with Crippen molar-refractivity contribution in [2.75, 3.05) is 32.2 Å². The van der Waals surface area contributed by atoms with Crippen LogP contribution < -0.4 is 4.90 Å². The zero-order chi connectivity index (χ0) is 11.6. The average Bonchev–Trinajstić information content (AvgIpc) is 2.30. The van der Waals surface area contributed by atoms with E-state index in [1.807, 2.05) is 38.4 Å². The molecule has 1 heterocycles. The Kier molecular flexibility index (Phi) is 3.17. The molecule has 1 aromatic rings. The smallest absolute Gasteiger partial charge is 0.0940 e. The molecule has 0 aromatic heterocycles. The summed E-state index contributed by atoms with van der Waals surface area (Å²) in [5.74, 6) is 0. The van der Waals surface area contributed by atoms with Gasteiger partial charge in [-0.25, -0.2) is 0 Å². The SMILES string of the molecule is CN(C)c1ccc(C2(O)CCOCC2)cc1. The Balaban J connectivity index is 2.20. The molecule has 1 aliphatic rings. The Morgan fingerprint density at radius 3 is 2.19 bits per heavy atom. The topological polar surface area (TPSA) is 32.7 Å². The summed E-state index contributed by atoms with van der Waals surface area (Å²) in [5.41, 5.74) is 1.46. The third-order valence-corrected chi connectivity index (χ3v) is 3.24. The van der Waals surface area contributed by atoms with Crippen LogP contribution in [-0.2, 0) is 10.3 Å². The monoisotopic (exact) mass is 221 g/mol. The molecular formula is C13H19NO2. The molecule has 0 unspecified atom stereocenters. The molecule has 88 valence electrons. The van der Waals surface area contributed by atoms with Crippen molar-refractivity contribution in [2.24, 2.45) is 0 Å². The number of benzene rings is 1. The number of rotatable bonds is 2. The molecular weight excluding hydrogens is 202 g/mol. The number of ether oxygens (including phenoxy) is 1. The quantitative estimate of drug-likeness (QED) is 0.826. The van der Waals surface area contributed by atoms with Gasteiger partial charge in [0.2, 0.25) is 0 Å². The standard InChI is InChI=1S/C13H19NO2/c1-14(2)12-5-3-11(4-6-12)13(15)7-9-16-10-8-13/h3-6,15H,7-10H2,1-2H3. The fraction of sp³-hybridized carbons (Fsp3) is 0.538. The first-order chi connectivity index (χ1) is 7.62. The summed E-state index contributed by atoms with van der Waals surface area (Å²) in [5, 5.41) is 10.5. The first-order valence-electron chi connectivity index (χ1n) is 5.70. The van der Waals surface area contributed by atoms with Crippen LogP contribution in [0.1, 0.15) is 18.4 Å². The first kappa shape index (κ1) is 11.4. The molecule has 1 saturated heterocycles. The summed E-state index contributed by atoms with van der Waals surface area (Å²) in [6, 6.07) is 8.12.